The van der Waals surface area contributed by atoms with Gasteiger partial charge in [0.2, 0.25) is 0 Å². The zero-order chi connectivity index (χ0) is 10.7. The molecule has 80 valence electrons. The first-order valence-electron chi connectivity index (χ1n) is 5.15. The standard InChI is InChI=1S/C12H13IO2/c13-11-3-1-9(2-4-11)12(14)10-5-7-15-8-6-10/h1-4,10H,5-8H2. The van der Waals surface area contributed by atoms with Gasteiger partial charge in [-0.25, -0.2) is 0 Å². The van der Waals surface area contributed by atoms with Crippen LogP contribution in [0.25, 0.3) is 0 Å². The highest BCUT2D eigenvalue weighted by atomic mass is 127. The number of halogens is 1. The van der Waals surface area contributed by atoms with Gasteiger partial charge in [-0.2, -0.15) is 0 Å². The molecule has 0 bridgehead atoms. The number of ether oxygens (including phenoxy) is 1. The Balaban J connectivity index is 2.09. The Bertz CT molecular complexity index is 339. The van der Waals surface area contributed by atoms with E-state index in [4.69, 9.17) is 4.74 Å². The second-order valence-corrected chi connectivity index (χ2v) is 5.00. The smallest absolute Gasteiger partial charge is 0.166 e. The number of carbonyl (C=O) groups excluding carboxylic acids is 1. The summed E-state index contributed by atoms with van der Waals surface area (Å²) in [5.41, 5.74) is 0.835. The van der Waals surface area contributed by atoms with Crippen LogP contribution in [-0.2, 0) is 4.74 Å². The van der Waals surface area contributed by atoms with E-state index in [0.717, 1.165) is 35.2 Å². The lowest BCUT2D eigenvalue weighted by Gasteiger charge is -2.20. The van der Waals surface area contributed by atoms with E-state index in [1.54, 1.807) is 0 Å². The van der Waals surface area contributed by atoms with E-state index in [2.05, 4.69) is 22.6 Å². The number of carbonyl (C=O) groups is 1. The number of rotatable bonds is 2. The summed E-state index contributed by atoms with van der Waals surface area (Å²) in [6.07, 6.45) is 1.73. The molecular weight excluding hydrogens is 303 g/mol. The molecule has 0 radical (unpaired) electrons. The fourth-order valence-electron chi connectivity index (χ4n) is 1.81. The average Bonchev–Trinajstić information content (AvgIpc) is 2.30. The normalized spacial score (nSPS) is 17.7. The van der Waals surface area contributed by atoms with Crippen molar-refractivity contribution in [3.05, 3.63) is 33.4 Å². The Kier molecular flexibility index (Phi) is 3.75. The van der Waals surface area contributed by atoms with Gasteiger partial charge in [0, 0.05) is 28.3 Å². The van der Waals surface area contributed by atoms with Crippen LogP contribution in [0.3, 0.4) is 0 Å². The minimum absolute atomic E-state index is 0.166. The van der Waals surface area contributed by atoms with E-state index in [9.17, 15) is 4.79 Å². The Morgan fingerprint density at radius 3 is 2.40 bits per heavy atom. The van der Waals surface area contributed by atoms with Crippen molar-refractivity contribution in [2.45, 2.75) is 12.8 Å². The zero-order valence-corrected chi connectivity index (χ0v) is 10.6. The third kappa shape index (κ3) is 2.78. The highest BCUT2D eigenvalue weighted by molar-refractivity contribution is 14.1. The third-order valence-corrected chi connectivity index (χ3v) is 3.44. The summed E-state index contributed by atoms with van der Waals surface area (Å²) in [6.45, 7) is 1.45. The molecule has 2 rings (SSSR count). The molecule has 15 heavy (non-hydrogen) atoms. The molecule has 1 aromatic carbocycles. The Morgan fingerprint density at radius 1 is 1.20 bits per heavy atom. The van der Waals surface area contributed by atoms with Crippen molar-refractivity contribution in [2.24, 2.45) is 5.92 Å². The van der Waals surface area contributed by atoms with Crippen LogP contribution in [0.4, 0.5) is 0 Å². The van der Waals surface area contributed by atoms with Gasteiger partial charge in [-0.05, 0) is 47.6 Å². The highest BCUT2D eigenvalue weighted by Gasteiger charge is 2.22. The second kappa shape index (κ2) is 5.07. The molecule has 0 aromatic heterocycles. The average molecular weight is 316 g/mol. The second-order valence-electron chi connectivity index (χ2n) is 3.76. The molecule has 0 unspecified atom stereocenters. The predicted molar refractivity (Wildman–Crippen MR) is 67.0 cm³/mol. The van der Waals surface area contributed by atoms with Gasteiger partial charge in [0.1, 0.15) is 0 Å². The van der Waals surface area contributed by atoms with Gasteiger partial charge in [0.05, 0.1) is 0 Å². The maximum atomic E-state index is 12.1. The van der Waals surface area contributed by atoms with Gasteiger partial charge >= 0.3 is 0 Å². The zero-order valence-electron chi connectivity index (χ0n) is 8.41. The summed E-state index contributed by atoms with van der Waals surface area (Å²) in [5.74, 6) is 0.438. The van der Waals surface area contributed by atoms with Gasteiger partial charge in [0.25, 0.3) is 0 Å². The van der Waals surface area contributed by atoms with E-state index in [-0.39, 0.29) is 11.7 Å². The molecule has 2 nitrogen and oxygen atoms in total. The molecule has 0 N–H and O–H groups in total. The minimum atomic E-state index is 0.166. The van der Waals surface area contributed by atoms with Gasteiger partial charge in [0.15, 0.2) is 5.78 Å². The fraction of sp³-hybridized carbons (Fsp3) is 0.417. The largest absolute Gasteiger partial charge is 0.381 e. The number of ketones is 1. The van der Waals surface area contributed by atoms with Gasteiger partial charge in [-0.1, -0.05) is 12.1 Å². The van der Waals surface area contributed by atoms with Crippen molar-refractivity contribution in [1.82, 2.24) is 0 Å². The molecule has 1 saturated heterocycles. The molecule has 0 spiro atoms. The van der Waals surface area contributed by atoms with Crippen LogP contribution in [0.1, 0.15) is 23.2 Å². The van der Waals surface area contributed by atoms with Crippen molar-refractivity contribution in [1.29, 1.82) is 0 Å². The van der Waals surface area contributed by atoms with Crippen LogP contribution in [-0.4, -0.2) is 19.0 Å². The molecule has 1 aromatic rings. The van der Waals surface area contributed by atoms with Gasteiger partial charge in [-0.3, -0.25) is 4.79 Å². The molecule has 0 saturated carbocycles. The first-order chi connectivity index (χ1) is 7.27. The van der Waals surface area contributed by atoms with E-state index in [0.29, 0.717) is 0 Å². The molecule has 0 aliphatic carbocycles. The summed E-state index contributed by atoms with van der Waals surface area (Å²) in [4.78, 5) is 12.1. The van der Waals surface area contributed by atoms with E-state index >= 15 is 0 Å². The fourth-order valence-corrected chi connectivity index (χ4v) is 2.17. The SMILES string of the molecule is O=C(c1ccc(I)cc1)C1CCOCC1. The van der Waals surface area contributed by atoms with Crippen molar-refractivity contribution in [2.75, 3.05) is 13.2 Å². The first kappa shape index (κ1) is 11.1. The summed E-state index contributed by atoms with van der Waals surface area (Å²) < 4.78 is 6.41. The van der Waals surface area contributed by atoms with Gasteiger partial charge < -0.3 is 4.74 Å². The summed E-state index contributed by atoms with van der Waals surface area (Å²) in [5, 5.41) is 0. The molecule has 0 amide bonds. The van der Waals surface area contributed by atoms with Crippen LogP contribution in [0.2, 0.25) is 0 Å². The number of hydrogen-bond donors (Lipinski definition) is 0. The lowest BCUT2D eigenvalue weighted by molar-refractivity contribution is 0.0545. The van der Waals surface area contributed by atoms with Crippen molar-refractivity contribution in [3.8, 4) is 0 Å². The van der Waals surface area contributed by atoms with Crippen LogP contribution < -0.4 is 0 Å². The van der Waals surface area contributed by atoms with Crippen LogP contribution in [0, 0.1) is 9.49 Å². The Labute approximate surface area is 103 Å². The Hall–Kier alpha value is -0.420. The van der Waals surface area contributed by atoms with Crippen molar-refractivity contribution in [3.63, 3.8) is 0 Å². The number of benzene rings is 1. The van der Waals surface area contributed by atoms with E-state index in [1.807, 2.05) is 24.3 Å². The monoisotopic (exact) mass is 316 g/mol. The van der Waals surface area contributed by atoms with Gasteiger partial charge in [-0.15, -0.1) is 0 Å². The van der Waals surface area contributed by atoms with Crippen molar-refractivity contribution >= 4 is 28.4 Å². The van der Waals surface area contributed by atoms with E-state index in [1.165, 1.54) is 0 Å². The molecule has 1 heterocycles. The topological polar surface area (TPSA) is 26.3 Å². The molecular formula is C12H13IO2. The third-order valence-electron chi connectivity index (χ3n) is 2.72. The molecule has 1 aliphatic heterocycles. The molecule has 3 heteroatoms. The maximum Gasteiger partial charge on any atom is 0.166 e. The number of Topliss-reactive ketones (excluding diaryl/α,β-unsaturated/α-hetero) is 1. The lowest BCUT2D eigenvalue weighted by Crippen LogP contribution is -2.23. The van der Waals surface area contributed by atoms with Crippen LogP contribution in [0.5, 0.6) is 0 Å². The Morgan fingerprint density at radius 2 is 1.80 bits per heavy atom. The number of hydrogen-bond acceptors (Lipinski definition) is 2. The quantitative estimate of drug-likeness (QED) is 0.619. The maximum absolute atomic E-state index is 12.1. The predicted octanol–water partition coefficient (Wildman–Crippen LogP) is 2.90. The minimum Gasteiger partial charge on any atom is -0.381 e. The summed E-state index contributed by atoms with van der Waals surface area (Å²) in [6, 6.07) is 7.79. The molecule has 0 atom stereocenters. The molecule has 1 aliphatic rings. The first-order valence-corrected chi connectivity index (χ1v) is 6.23. The summed E-state index contributed by atoms with van der Waals surface area (Å²) in [7, 11) is 0. The lowest BCUT2D eigenvalue weighted by atomic mass is 9.91. The van der Waals surface area contributed by atoms with Crippen LogP contribution >= 0.6 is 22.6 Å². The highest BCUT2D eigenvalue weighted by Crippen LogP contribution is 2.20. The van der Waals surface area contributed by atoms with Crippen molar-refractivity contribution < 1.29 is 9.53 Å². The molecule has 1 fully saturated rings. The van der Waals surface area contributed by atoms with Crippen LogP contribution in [0.15, 0.2) is 24.3 Å². The summed E-state index contributed by atoms with van der Waals surface area (Å²) >= 11 is 2.24. The van der Waals surface area contributed by atoms with E-state index < -0.39 is 0 Å².